The number of benzene rings is 1. The van der Waals surface area contributed by atoms with Crippen LogP contribution in [0, 0.1) is 0 Å². The molecule has 0 unspecified atom stereocenters. The van der Waals surface area contributed by atoms with Crippen LogP contribution in [0.3, 0.4) is 0 Å². The molecule has 0 aromatic heterocycles. The minimum Gasteiger partial charge on any atom is -0.455 e. The van der Waals surface area contributed by atoms with E-state index in [1.54, 1.807) is 39.0 Å². The minimum absolute atomic E-state index is 0.0161. The Bertz CT molecular complexity index is 1000. The van der Waals surface area contributed by atoms with Crippen LogP contribution in [0.1, 0.15) is 60.7 Å². The summed E-state index contributed by atoms with van der Waals surface area (Å²) in [7, 11) is 0. The first-order chi connectivity index (χ1) is 14.6. The van der Waals surface area contributed by atoms with Crippen LogP contribution in [0.25, 0.3) is 0 Å². The second-order valence-electron chi connectivity index (χ2n) is 8.63. The monoisotopic (exact) mass is 425 g/mol. The van der Waals surface area contributed by atoms with Gasteiger partial charge in [-0.2, -0.15) is 0 Å². The van der Waals surface area contributed by atoms with Crippen LogP contribution in [-0.4, -0.2) is 62.7 Å². The molecule has 31 heavy (non-hydrogen) atoms. The molecule has 1 fully saturated rings. The number of nitrogens with zero attached hydrogens (tertiary/aromatic N) is 3. The molecule has 3 aliphatic heterocycles. The normalized spacial score (nSPS) is 21.6. The van der Waals surface area contributed by atoms with Crippen molar-refractivity contribution in [3.8, 4) is 0 Å². The van der Waals surface area contributed by atoms with E-state index >= 15 is 0 Å². The molecule has 162 valence electrons. The second kappa shape index (κ2) is 7.33. The number of hydrogen-bond acceptors (Lipinski definition) is 6. The summed E-state index contributed by atoms with van der Waals surface area (Å²) >= 11 is 0. The third-order valence-electron chi connectivity index (χ3n) is 5.31. The van der Waals surface area contributed by atoms with E-state index in [-0.39, 0.29) is 42.1 Å². The molecule has 0 saturated carbocycles. The predicted molar refractivity (Wildman–Crippen MR) is 107 cm³/mol. The molecule has 3 aliphatic rings. The predicted octanol–water partition coefficient (Wildman–Crippen LogP) is 1.65. The summed E-state index contributed by atoms with van der Waals surface area (Å²) in [5.41, 5.74) is -0.451. The number of hydrazine groups is 1. The summed E-state index contributed by atoms with van der Waals surface area (Å²) in [5.74, 6) is -2.96. The molecule has 1 aromatic rings. The van der Waals surface area contributed by atoms with Gasteiger partial charge in [-0.1, -0.05) is 12.1 Å². The Hall–Kier alpha value is -3.49. The van der Waals surface area contributed by atoms with E-state index < -0.39 is 35.3 Å². The van der Waals surface area contributed by atoms with E-state index in [0.29, 0.717) is 6.42 Å². The standard InChI is InChI=1S/C22H23N3O6/c1-22(2,3)31-21(30)16-9-6-12-23-17(26)11-10-15(20(29)25(16)23)24-18(27)13-7-4-5-8-14(13)19(24)28/h4-5,7-9,15H,6,10-12H2,1-3H3/t15-/m0/s1. The van der Waals surface area contributed by atoms with E-state index in [4.69, 9.17) is 4.74 Å². The van der Waals surface area contributed by atoms with Gasteiger partial charge in [-0.3, -0.25) is 24.1 Å². The molecule has 1 aromatic carbocycles. The molecule has 4 amide bonds. The fourth-order valence-corrected chi connectivity index (χ4v) is 4.00. The van der Waals surface area contributed by atoms with Gasteiger partial charge in [0.05, 0.1) is 11.1 Å². The van der Waals surface area contributed by atoms with Crippen LogP contribution in [0.2, 0.25) is 0 Å². The smallest absolute Gasteiger partial charge is 0.357 e. The van der Waals surface area contributed by atoms with Crippen molar-refractivity contribution in [3.05, 3.63) is 47.2 Å². The Kier molecular flexibility index (Phi) is 4.91. The maximum Gasteiger partial charge on any atom is 0.357 e. The van der Waals surface area contributed by atoms with Crippen molar-refractivity contribution in [1.29, 1.82) is 0 Å². The lowest BCUT2D eigenvalue weighted by molar-refractivity contribution is -0.168. The molecule has 4 rings (SSSR count). The van der Waals surface area contributed by atoms with Crippen LogP contribution >= 0.6 is 0 Å². The number of carbonyl (C=O) groups excluding carboxylic acids is 5. The van der Waals surface area contributed by atoms with E-state index in [2.05, 4.69) is 0 Å². The van der Waals surface area contributed by atoms with Gasteiger partial charge < -0.3 is 4.74 Å². The lowest BCUT2D eigenvalue weighted by atomic mass is 10.1. The van der Waals surface area contributed by atoms with Gasteiger partial charge in [0.25, 0.3) is 17.7 Å². The highest BCUT2D eigenvalue weighted by molar-refractivity contribution is 6.23. The third-order valence-corrected chi connectivity index (χ3v) is 5.31. The molecule has 0 radical (unpaired) electrons. The average molecular weight is 425 g/mol. The molecule has 9 nitrogen and oxygen atoms in total. The lowest BCUT2D eigenvalue weighted by Crippen LogP contribution is -2.57. The molecule has 0 bridgehead atoms. The molecular weight excluding hydrogens is 402 g/mol. The fourth-order valence-electron chi connectivity index (χ4n) is 4.00. The number of esters is 1. The van der Waals surface area contributed by atoms with Gasteiger partial charge in [-0.15, -0.1) is 0 Å². The van der Waals surface area contributed by atoms with E-state index in [1.165, 1.54) is 17.1 Å². The van der Waals surface area contributed by atoms with Gasteiger partial charge in [0, 0.05) is 13.0 Å². The Morgan fingerprint density at radius 2 is 1.65 bits per heavy atom. The number of amides is 4. The first kappa shape index (κ1) is 20.8. The number of imide groups is 1. The molecule has 1 atom stereocenters. The van der Waals surface area contributed by atoms with Crippen molar-refractivity contribution in [2.24, 2.45) is 0 Å². The highest BCUT2D eigenvalue weighted by Crippen LogP contribution is 2.32. The summed E-state index contributed by atoms with van der Waals surface area (Å²) in [4.78, 5) is 65.9. The summed E-state index contributed by atoms with van der Waals surface area (Å²) in [6.07, 6.45) is 1.86. The highest BCUT2D eigenvalue weighted by Gasteiger charge is 2.49. The van der Waals surface area contributed by atoms with Gasteiger partial charge in [0.1, 0.15) is 17.3 Å². The first-order valence-electron chi connectivity index (χ1n) is 10.1. The van der Waals surface area contributed by atoms with Gasteiger partial charge >= 0.3 is 5.97 Å². The van der Waals surface area contributed by atoms with Crippen molar-refractivity contribution in [2.75, 3.05) is 6.54 Å². The van der Waals surface area contributed by atoms with Crippen LogP contribution in [0.5, 0.6) is 0 Å². The molecule has 9 heteroatoms. The molecule has 1 saturated heterocycles. The van der Waals surface area contributed by atoms with Gasteiger partial charge in [0.15, 0.2) is 0 Å². The van der Waals surface area contributed by atoms with Crippen LogP contribution < -0.4 is 0 Å². The van der Waals surface area contributed by atoms with Crippen molar-refractivity contribution in [1.82, 2.24) is 14.9 Å². The summed E-state index contributed by atoms with van der Waals surface area (Å²) < 4.78 is 5.42. The number of ether oxygens (including phenoxy) is 1. The third kappa shape index (κ3) is 3.49. The Labute approximate surface area is 179 Å². The zero-order valence-electron chi connectivity index (χ0n) is 17.6. The van der Waals surface area contributed by atoms with E-state index in [9.17, 15) is 24.0 Å². The molecule has 0 N–H and O–H groups in total. The number of fused-ring (bicyclic) bond motifs is 2. The lowest BCUT2D eigenvalue weighted by Gasteiger charge is -2.38. The first-order valence-corrected chi connectivity index (χ1v) is 10.1. The maximum absolute atomic E-state index is 13.6. The van der Waals surface area contributed by atoms with Gasteiger partial charge in [-0.25, -0.2) is 14.8 Å². The summed E-state index contributed by atoms with van der Waals surface area (Å²) in [6, 6.07) is 5.14. The van der Waals surface area contributed by atoms with Crippen molar-refractivity contribution >= 4 is 29.6 Å². The van der Waals surface area contributed by atoms with Crippen LogP contribution in [0.4, 0.5) is 0 Å². The van der Waals surface area contributed by atoms with Gasteiger partial charge in [0.2, 0.25) is 5.91 Å². The molecule has 0 aliphatic carbocycles. The average Bonchev–Trinajstić information content (AvgIpc) is 2.89. The zero-order valence-corrected chi connectivity index (χ0v) is 17.6. The zero-order chi connectivity index (χ0) is 22.5. The summed E-state index contributed by atoms with van der Waals surface area (Å²) in [6.45, 7) is 5.31. The molecular formula is C22H23N3O6. The van der Waals surface area contributed by atoms with Crippen molar-refractivity contribution in [2.45, 2.75) is 51.7 Å². The van der Waals surface area contributed by atoms with Crippen LogP contribution in [-0.2, 0) is 19.1 Å². The van der Waals surface area contributed by atoms with Crippen molar-refractivity contribution < 1.29 is 28.7 Å². The minimum atomic E-state index is -1.20. The number of rotatable bonds is 2. The quantitative estimate of drug-likeness (QED) is 0.527. The highest BCUT2D eigenvalue weighted by atomic mass is 16.6. The SMILES string of the molecule is CC(C)(C)OC(=O)C1=CCCN2C(=O)CC[C@H](N3C(=O)c4ccccc4C3=O)C(=O)N12. The van der Waals surface area contributed by atoms with Crippen molar-refractivity contribution in [3.63, 3.8) is 0 Å². The second-order valence-corrected chi connectivity index (χ2v) is 8.63. The number of carbonyl (C=O) groups is 5. The maximum atomic E-state index is 13.6. The topological polar surface area (TPSA) is 104 Å². The van der Waals surface area contributed by atoms with E-state index in [0.717, 1.165) is 9.91 Å². The van der Waals surface area contributed by atoms with Crippen LogP contribution in [0.15, 0.2) is 36.0 Å². The Balaban J connectivity index is 1.71. The molecule has 3 heterocycles. The largest absolute Gasteiger partial charge is 0.455 e. The Morgan fingerprint density at radius 1 is 1.03 bits per heavy atom. The Morgan fingerprint density at radius 3 is 2.23 bits per heavy atom. The summed E-state index contributed by atoms with van der Waals surface area (Å²) in [5, 5.41) is 2.20. The van der Waals surface area contributed by atoms with E-state index in [1.807, 2.05) is 0 Å². The number of hydrogen-bond donors (Lipinski definition) is 0. The van der Waals surface area contributed by atoms with Gasteiger partial charge in [-0.05, 0) is 51.8 Å². The molecule has 0 spiro atoms. The fraction of sp³-hybridized carbons (Fsp3) is 0.409.